The first kappa shape index (κ1) is 14.9. The minimum Gasteiger partial charge on any atom is -0.384 e. The normalized spacial score (nSPS) is 22.1. The van der Waals surface area contributed by atoms with Crippen molar-refractivity contribution in [2.75, 3.05) is 20.8 Å². The van der Waals surface area contributed by atoms with E-state index in [2.05, 4.69) is 0 Å². The average molecular weight is 246 g/mol. The Balaban J connectivity index is 3.11. The van der Waals surface area contributed by atoms with Gasteiger partial charge in [-0.15, -0.1) is 0 Å². The highest BCUT2D eigenvalue weighted by Crippen LogP contribution is 2.51. The fourth-order valence-electron chi connectivity index (χ4n) is 3.36. The summed E-state index contributed by atoms with van der Waals surface area (Å²) in [6.45, 7) is 4.30. The summed E-state index contributed by atoms with van der Waals surface area (Å²) >= 11 is 0. The Kier molecular flexibility index (Phi) is 4.95. The van der Waals surface area contributed by atoms with Crippen LogP contribution in [0.15, 0.2) is 0 Å². The molecule has 1 aliphatic rings. The maximum Gasteiger partial charge on any atom is 0.286 e. The van der Waals surface area contributed by atoms with Crippen molar-refractivity contribution in [3.63, 3.8) is 0 Å². The number of methoxy groups -OCH3 is 2. The van der Waals surface area contributed by atoms with Crippen molar-refractivity contribution in [3.05, 3.63) is 0 Å². The molecule has 4 nitrogen and oxygen atoms in total. The number of hydrogen-bond donors (Lipinski definition) is 2. The van der Waals surface area contributed by atoms with E-state index in [0.717, 1.165) is 25.7 Å². The van der Waals surface area contributed by atoms with Crippen LogP contribution in [0.3, 0.4) is 0 Å². The van der Waals surface area contributed by atoms with Crippen LogP contribution in [0.4, 0.5) is 0 Å². The molecule has 0 bridgehead atoms. The second-order valence-electron chi connectivity index (χ2n) is 5.42. The predicted octanol–water partition coefficient (Wildman–Crippen LogP) is 1.75. The summed E-state index contributed by atoms with van der Waals surface area (Å²) in [5.74, 6) is -1.83. The molecule has 0 spiro atoms. The van der Waals surface area contributed by atoms with E-state index < -0.39 is 11.4 Å². The lowest BCUT2D eigenvalue weighted by molar-refractivity contribution is -0.411. The van der Waals surface area contributed by atoms with Gasteiger partial charge < -0.3 is 19.7 Å². The number of rotatable bonds is 6. The van der Waals surface area contributed by atoms with Gasteiger partial charge in [-0.3, -0.25) is 0 Å². The average Bonchev–Trinajstić information content (AvgIpc) is 2.78. The van der Waals surface area contributed by atoms with Crippen molar-refractivity contribution < 1.29 is 19.7 Å². The first-order valence-corrected chi connectivity index (χ1v) is 6.41. The molecule has 102 valence electrons. The standard InChI is InChI=1S/C13H26O4/c1-10(2)12(9-16-3,13(14,15)17-4)11-7-5-6-8-11/h10-11,14-15H,5-9H2,1-4H3. The van der Waals surface area contributed by atoms with Crippen LogP contribution in [-0.2, 0) is 9.47 Å². The molecule has 4 heteroatoms. The van der Waals surface area contributed by atoms with E-state index >= 15 is 0 Å². The van der Waals surface area contributed by atoms with Gasteiger partial charge in [-0.2, -0.15) is 0 Å². The van der Waals surface area contributed by atoms with Gasteiger partial charge in [0.25, 0.3) is 5.97 Å². The molecule has 1 atom stereocenters. The first-order chi connectivity index (χ1) is 7.92. The van der Waals surface area contributed by atoms with Crippen molar-refractivity contribution in [1.82, 2.24) is 0 Å². The molecule has 2 N–H and O–H groups in total. The molecule has 1 saturated carbocycles. The molecule has 0 aromatic heterocycles. The molecule has 1 unspecified atom stereocenters. The van der Waals surface area contributed by atoms with Gasteiger partial charge in [0, 0.05) is 14.2 Å². The van der Waals surface area contributed by atoms with E-state index in [-0.39, 0.29) is 11.8 Å². The summed E-state index contributed by atoms with van der Waals surface area (Å²) in [7, 11) is 2.93. The Morgan fingerprint density at radius 3 is 2.06 bits per heavy atom. The maximum atomic E-state index is 10.2. The van der Waals surface area contributed by atoms with E-state index in [1.54, 1.807) is 7.11 Å². The van der Waals surface area contributed by atoms with Crippen LogP contribution in [0.2, 0.25) is 0 Å². The zero-order valence-corrected chi connectivity index (χ0v) is 11.4. The van der Waals surface area contributed by atoms with Crippen molar-refractivity contribution in [2.24, 2.45) is 17.3 Å². The highest BCUT2D eigenvalue weighted by molar-refractivity contribution is 4.96. The lowest BCUT2D eigenvalue weighted by Gasteiger charge is -2.48. The van der Waals surface area contributed by atoms with E-state index in [4.69, 9.17) is 9.47 Å². The van der Waals surface area contributed by atoms with Gasteiger partial charge in [0.15, 0.2) is 0 Å². The molecular weight excluding hydrogens is 220 g/mol. The van der Waals surface area contributed by atoms with Crippen molar-refractivity contribution >= 4 is 0 Å². The zero-order valence-electron chi connectivity index (χ0n) is 11.4. The Bertz CT molecular complexity index is 234. The molecule has 0 amide bonds. The highest BCUT2D eigenvalue weighted by atomic mass is 16.8. The third-order valence-corrected chi connectivity index (χ3v) is 4.39. The molecule has 0 heterocycles. The minimum atomic E-state index is -2.13. The SMILES string of the molecule is COCC(C(C)C)(C1CCCC1)C(O)(O)OC. The molecule has 1 fully saturated rings. The van der Waals surface area contributed by atoms with Crippen molar-refractivity contribution in [1.29, 1.82) is 0 Å². The molecule has 0 saturated heterocycles. The van der Waals surface area contributed by atoms with Gasteiger partial charge in [-0.1, -0.05) is 26.7 Å². The van der Waals surface area contributed by atoms with Gasteiger partial charge >= 0.3 is 0 Å². The molecule has 0 aliphatic heterocycles. The Hall–Kier alpha value is -0.160. The van der Waals surface area contributed by atoms with Gasteiger partial charge in [0.1, 0.15) is 0 Å². The van der Waals surface area contributed by atoms with Gasteiger partial charge in [0.2, 0.25) is 0 Å². The largest absolute Gasteiger partial charge is 0.384 e. The van der Waals surface area contributed by atoms with Crippen LogP contribution in [0.5, 0.6) is 0 Å². The Labute approximate surface area is 104 Å². The molecular formula is C13H26O4. The Morgan fingerprint density at radius 2 is 1.71 bits per heavy atom. The number of aliphatic hydroxyl groups is 2. The predicted molar refractivity (Wildman–Crippen MR) is 65.3 cm³/mol. The van der Waals surface area contributed by atoms with E-state index in [9.17, 15) is 10.2 Å². The fourth-order valence-corrected chi connectivity index (χ4v) is 3.36. The zero-order chi connectivity index (χ0) is 13.1. The smallest absolute Gasteiger partial charge is 0.286 e. The van der Waals surface area contributed by atoms with Crippen LogP contribution in [0, 0.1) is 17.3 Å². The molecule has 17 heavy (non-hydrogen) atoms. The summed E-state index contributed by atoms with van der Waals surface area (Å²) in [6.07, 6.45) is 4.30. The first-order valence-electron chi connectivity index (χ1n) is 6.41. The molecule has 1 rings (SSSR count). The lowest BCUT2D eigenvalue weighted by Crippen LogP contribution is -2.59. The van der Waals surface area contributed by atoms with E-state index in [1.807, 2.05) is 13.8 Å². The van der Waals surface area contributed by atoms with Crippen molar-refractivity contribution in [2.45, 2.75) is 45.5 Å². The van der Waals surface area contributed by atoms with Crippen LogP contribution < -0.4 is 0 Å². The van der Waals surface area contributed by atoms with Crippen LogP contribution in [0.25, 0.3) is 0 Å². The summed E-state index contributed by atoms with van der Waals surface area (Å²) in [5, 5.41) is 20.5. The Morgan fingerprint density at radius 1 is 1.18 bits per heavy atom. The van der Waals surface area contributed by atoms with E-state index in [0.29, 0.717) is 6.61 Å². The molecule has 0 radical (unpaired) electrons. The third kappa shape index (κ3) is 2.50. The summed E-state index contributed by atoms with van der Waals surface area (Å²) in [5.41, 5.74) is -0.757. The summed E-state index contributed by atoms with van der Waals surface area (Å²) in [4.78, 5) is 0. The lowest BCUT2D eigenvalue weighted by atomic mass is 9.65. The quantitative estimate of drug-likeness (QED) is 0.701. The minimum absolute atomic E-state index is 0.0699. The third-order valence-electron chi connectivity index (χ3n) is 4.39. The van der Waals surface area contributed by atoms with Crippen LogP contribution in [0.1, 0.15) is 39.5 Å². The van der Waals surface area contributed by atoms with E-state index in [1.165, 1.54) is 7.11 Å². The van der Waals surface area contributed by atoms with Gasteiger partial charge in [-0.25, -0.2) is 0 Å². The number of hydrogen-bond acceptors (Lipinski definition) is 4. The molecule has 0 aromatic carbocycles. The van der Waals surface area contributed by atoms with Crippen LogP contribution >= 0.6 is 0 Å². The molecule has 0 aromatic rings. The second kappa shape index (κ2) is 5.65. The monoisotopic (exact) mass is 246 g/mol. The maximum absolute atomic E-state index is 10.2. The van der Waals surface area contributed by atoms with Crippen molar-refractivity contribution in [3.8, 4) is 0 Å². The van der Waals surface area contributed by atoms with Crippen LogP contribution in [-0.4, -0.2) is 37.0 Å². The summed E-state index contributed by atoms with van der Waals surface area (Å²) in [6, 6.07) is 0. The number of ether oxygens (including phenoxy) is 2. The van der Waals surface area contributed by atoms with Gasteiger partial charge in [0.05, 0.1) is 12.0 Å². The fraction of sp³-hybridized carbons (Fsp3) is 1.00. The topological polar surface area (TPSA) is 58.9 Å². The van der Waals surface area contributed by atoms with Gasteiger partial charge in [-0.05, 0) is 24.7 Å². The molecule has 1 aliphatic carbocycles. The second-order valence-corrected chi connectivity index (χ2v) is 5.42. The highest BCUT2D eigenvalue weighted by Gasteiger charge is 2.57. The summed E-state index contributed by atoms with van der Waals surface area (Å²) < 4.78 is 10.2.